The number of nitrogens with one attached hydrogen (secondary N) is 1. The van der Waals surface area contributed by atoms with E-state index in [1.165, 1.54) is 11.3 Å². The molecule has 7 heteroatoms. The van der Waals surface area contributed by atoms with Crippen LogP contribution in [0.15, 0.2) is 60.1 Å². The molecule has 4 aromatic rings. The molecule has 2 heterocycles. The molecule has 0 atom stereocenters. The van der Waals surface area contributed by atoms with Gasteiger partial charge in [-0.3, -0.25) is 10.1 Å². The summed E-state index contributed by atoms with van der Waals surface area (Å²) in [5, 5.41) is 9.67. The van der Waals surface area contributed by atoms with Crippen LogP contribution in [0.25, 0.3) is 16.9 Å². The van der Waals surface area contributed by atoms with Crippen molar-refractivity contribution < 1.29 is 9.53 Å². The molecule has 0 aliphatic heterocycles. The summed E-state index contributed by atoms with van der Waals surface area (Å²) in [6.07, 6.45) is 1.58. The summed E-state index contributed by atoms with van der Waals surface area (Å²) in [7, 11) is 1.64. The van der Waals surface area contributed by atoms with Crippen LogP contribution in [-0.2, 0) is 0 Å². The zero-order valence-electron chi connectivity index (χ0n) is 16.3. The molecular weight excluding hydrogens is 384 g/mol. The summed E-state index contributed by atoms with van der Waals surface area (Å²) < 4.78 is 7.19. The van der Waals surface area contributed by atoms with Crippen molar-refractivity contribution in [3.05, 3.63) is 76.9 Å². The standard InChI is InChI=1S/C22H20N4O2S/c1-14-9-10-20(28-3)17(11-14)19-13-29-22(24-19)25-21(27)18-12-23-26(15(18)2)16-7-5-4-6-8-16/h4-13H,1-3H3,(H,24,25,27). The number of amides is 1. The van der Waals surface area contributed by atoms with E-state index in [-0.39, 0.29) is 5.91 Å². The van der Waals surface area contributed by atoms with Crippen LogP contribution in [0.1, 0.15) is 21.6 Å². The number of thiazole rings is 1. The van der Waals surface area contributed by atoms with Crippen LogP contribution in [0.2, 0.25) is 0 Å². The Morgan fingerprint density at radius 2 is 1.93 bits per heavy atom. The molecule has 1 amide bonds. The van der Waals surface area contributed by atoms with Gasteiger partial charge in [-0.05, 0) is 38.1 Å². The average molecular weight is 404 g/mol. The molecule has 0 fully saturated rings. The van der Waals surface area contributed by atoms with Crippen LogP contribution in [0, 0.1) is 13.8 Å². The molecule has 2 aromatic carbocycles. The number of aromatic nitrogens is 3. The quantitative estimate of drug-likeness (QED) is 0.515. The number of methoxy groups -OCH3 is 1. The second kappa shape index (κ2) is 7.89. The second-order valence-corrected chi connectivity index (χ2v) is 7.44. The number of para-hydroxylation sites is 1. The highest BCUT2D eigenvalue weighted by Gasteiger charge is 2.17. The van der Waals surface area contributed by atoms with Crippen molar-refractivity contribution in [2.75, 3.05) is 12.4 Å². The van der Waals surface area contributed by atoms with Crippen LogP contribution in [-0.4, -0.2) is 27.8 Å². The fourth-order valence-corrected chi connectivity index (χ4v) is 3.81. The fourth-order valence-electron chi connectivity index (χ4n) is 3.10. The molecule has 0 spiro atoms. The SMILES string of the molecule is COc1ccc(C)cc1-c1csc(NC(=O)c2cnn(-c3ccccc3)c2C)n1. The van der Waals surface area contributed by atoms with Gasteiger partial charge in [0.25, 0.3) is 5.91 Å². The van der Waals surface area contributed by atoms with Gasteiger partial charge in [-0.25, -0.2) is 9.67 Å². The molecule has 146 valence electrons. The molecule has 0 aliphatic carbocycles. The number of hydrogen-bond donors (Lipinski definition) is 1. The molecule has 0 radical (unpaired) electrons. The minimum absolute atomic E-state index is 0.234. The topological polar surface area (TPSA) is 69.0 Å². The maximum Gasteiger partial charge on any atom is 0.260 e. The molecule has 2 aromatic heterocycles. The lowest BCUT2D eigenvalue weighted by Crippen LogP contribution is -2.13. The summed E-state index contributed by atoms with van der Waals surface area (Å²) in [6, 6.07) is 15.6. The third-order valence-electron chi connectivity index (χ3n) is 4.61. The predicted octanol–water partition coefficient (Wildman–Crippen LogP) is 4.87. The molecule has 0 aliphatic rings. The van der Waals surface area contributed by atoms with Gasteiger partial charge < -0.3 is 4.74 Å². The minimum Gasteiger partial charge on any atom is -0.496 e. The first-order chi connectivity index (χ1) is 14.1. The van der Waals surface area contributed by atoms with Crippen LogP contribution in [0.3, 0.4) is 0 Å². The number of nitrogens with zero attached hydrogens (tertiary/aromatic N) is 3. The smallest absolute Gasteiger partial charge is 0.260 e. The number of carbonyl (C=O) groups excluding carboxylic acids is 1. The number of anilines is 1. The van der Waals surface area contributed by atoms with Crippen LogP contribution < -0.4 is 10.1 Å². The summed E-state index contributed by atoms with van der Waals surface area (Å²) >= 11 is 1.38. The Bertz CT molecular complexity index is 1160. The zero-order valence-corrected chi connectivity index (χ0v) is 17.2. The van der Waals surface area contributed by atoms with Crippen LogP contribution >= 0.6 is 11.3 Å². The molecule has 4 rings (SSSR count). The summed E-state index contributed by atoms with van der Waals surface area (Å²) in [4.78, 5) is 17.3. The number of aryl methyl sites for hydroxylation is 1. The Hall–Kier alpha value is -3.45. The van der Waals surface area contributed by atoms with Crippen LogP contribution in [0.5, 0.6) is 5.75 Å². The first kappa shape index (κ1) is 18.9. The van der Waals surface area contributed by atoms with Crippen molar-refractivity contribution >= 4 is 22.4 Å². The number of rotatable bonds is 5. The normalized spacial score (nSPS) is 10.7. The Morgan fingerprint density at radius 1 is 1.14 bits per heavy atom. The van der Waals surface area contributed by atoms with Crippen molar-refractivity contribution in [3.63, 3.8) is 0 Å². The van der Waals surface area contributed by atoms with Gasteiger partial charge in [-0.1, -0.05) is 29.8 Å². The second-order valence-electron chi connectivity index (χ2n) is 6.59. The number of ether oxygens (including phenoxy) is 1. The van der Waals surface area contributed by atoms with Gasteiger partial charge >= 0.3 is 0 Å². The van der Waals surface area contributed by atoms with E-state index in [4.69, 9.17) is 4.74 Å². The zero-order chi connectivity index (χ0) is 20.4. The first-order valence-electron chi connectivity index (χ1n) is 9.09. The lowest BCUT2D eigenvalue weighted by Gasteiger charge is -2.07. The highest BCUT2D eigenvalue weighted by molar-refractivity contribution is 7.14. The van der Waals surface area contributed by atoms with Gasteiger partial charge in [0, 0.05) is 10.9 Å². The molecule has 0 saturated carbocycles. The first-order valence-corrected chi connectivity index (χ1v) is 9.96. The Balaban J connectivity index is 1.57. The lowest BCUT2D eigenvalue weighted by atomic mass is 10.1. The van der Waals surface area contributed by atoms with Gasteiger partial charge in [-0.15, -0.1) is 11.3 Å². The Kier molecular flexibility index (Phi) is 5.14. The van der Waals surface area contributed by atoms with Crippen molar-refractivity contribution in [1.82, 2.24) is 14.8 Å². The molecule has 6 nitrogen and oxygen atoms in total. The summed E-state index contributed by atoms with van der Waals surface area (Å²) in [6.45, 7) is 3.89. The minimum atomic E-state index is -0.234. The van der Waals surface area contributed by atoms with Gasteiger partial charge in [0.15, 0.2) is 5.13 Å². The third-order valence-corrected chi connectivity index (χ3v) is 5.37. The largest absolute Gasteiger partial charge is 0.496 e. The molecule has 0 saturated heterocycles. The Morgan fingerprint density at radius 3 is 2.69 bits per heavy atom. The van der Waals surface area contributed by atoms with Crippen LogP contribution in [0.4, 0.5) is 5.13 Å². The van der Waals surface area contributed by atoms with E-state index in [9.17, 15) is 4.79 Å². The van der Waals surface area contributed by atoms with Crippen molar-refractivity contribution in [3.8, 4) is 22.7 Å². The lowest BCUT2D eigenvalue weighted by molar-refractivity contribution is 0.102. The highest BCUT2D eigenvalue weighted by Crippen LogP contribution is 2.33. The van der Waals surface area contributed by atoms with E-state index in [1.54, 1.807) is 18.0 Å². The van der Waals surface area contributed by atoms with Gasteiger partial charge in [0.2, 0.25) is 0 Å². The fraction of sp³-hybridized carbons (Fsp3) is 0.136. The van der Waals surface area contributed by atoms with Gasteiger partial charge in [0.1, 0.15) is 5.75 Å². The van der Waals surface area contributed by atoms with Gasteiger partial charge in [0.05, 0.1) is 35.9 Å². The molecule has 29 heavy (non-hydrogen) atoms. The third kappa shape index (κ3) is 3.77. The molecule has 0 unspecified atom stereocenters. The van der Waals surface area contributed by atoms with E-state index in [2.05, 4.69) is 15.4 Å². The molecule has 0 bridgehead atoms. The highest BCUT2D eigenvalue weighted by atomic mass is 32.1. The van der Waals surface area contributed by atoms with Crippen molar-refractivity contribution in [1.29, 1.82) is 0 Å². The maximum absolute atomic E-state index is 12.8. The van der Waals surface area contributed by atoms with Gasteiger partial charge in [-0.2, -0.15) is 5.10 Å². The number of benzene rings is 2. The van der Waals surface area contributed by atoms with Crippen molar-refractivity contribution in [2.24, 2.45) is 0 Å². The van der Waals surface area contributed by atoms with Crippen molar-refractivity contribution in [2.45, 2.75) is 13.8 Å². The van der Waals surface area contributed by atoms with E-state index in [0.29, 0.717) is 10.7 Å². The van der Waals surface area contributed by atoms with E-state index < -0.39 is 0 Å². The number of hydrogen-bond acceptors (Lipinski definition) is 5. The maximum atomic E-state index is 12.8. The summed E-state index contributed by atoms with van der Waals surface area (Å²) in [5.74, 6) is 0.514. The van der Waals surface area contributed by atoms with E-state index in [1.807, 2.05) is 67.8 Å². The monoisotopic (exact) mass is 404 g/mol. The summed E-state index contributed by atoms with van der Waals surface area (Å²) in [5.41, 5.74) is 4.97. The average Bonchev–Trinajstić information content (AvgIpc) is 3.35. The van der Waals surface area contributed by atoms with E-state index >= 15 is 0 Å². The Labute approximate surface area is 172 Å². The number of carbonyl (C=O) groups is 1. The van der Waals surface area contributed by atoms with E-state index in [0.717, 1.165) is 34.0 Å². The molecular formula is C22H20N4O2S. The molecule has 1 N–H and O–H groups in total. The predicted molar refractivity (Wildman–Crippen MR) is 115 cm³/mol.